The van der Waals surface area contributed by atoms with E-state index in [-0.39, 0.29) is 36.1 Å². The van der Waals surface area contributed by atoms with Gasteiger partial charge in [-0.3, -0.25) is 9.59 Å². The third-order valence-corrected chi connectivity index (χ3v) is 4.98. The molecule has 8 nitrogen and oxygen atoms in total. The molecule has 29 heavy (non-hydrogen) atoms. The van der Waals surface area contributed by atoms with Crippen LogP contribution in [-0.4, -0.2) is 40.8 Å². The first-order chi connectivity index (χ1) is 14.0. The molecule has 0 bridgehead atoms. The van der Waals surface area contributed by atoms with Crippen molar-refractivity contribution >= 4 is 5.91 Å². The van der Waals surface area contributed by atoms with Gasteiger partial charge in [0.25, 0.3) is 5.56 Å². The molecule has 1 fully saturated rings. The van der Waals surface area contributed by atoms with Crippen molar-refractivity contribution < 1.29 is 14.3 Å². The Morgan fingerprint density at radius 2 is 2.10 bits per heavy atom. The number of aromatic amines is 1. The van der Waals surface area contributed by atoms with Gasteiger partial charge in [0.15, 0.2) is 17.3 Å². The van der Waals surface area contributed by atoms with E-state index >= 15 is 0 Å². The summed E-state index contributed by atoms with van der Waals surface area (Å²) in [6.45, 7) is 4.75. The monoisotopic (exact) mass is 400 g/mol. The highest BCUT2D eigenvalue weighted by molar-refractivity contribution is 5.76. The maximum Gasteiger partial charge on any atom is 0.273 e. The van der Waals surface area contributed by atoms with Crippen LogP contribution in [-0.2, 0) is 11.2 Å². The summed E-state index contributed by atoms with van der Waals surface area (Å²) in [4.78, 5) is 27.0. The van der Waals surface area contributed by atoms with Gasteiger partial charge in [-0.1, -0.05) is 6.92 Å². The van der Waals surface area contributed by atoms with Crippen molar-refractivity contribution in [2.45, 2.75) is 52.1 Å². The van der Waals surface area contributed by atoms with Crippen molar-refractivity contribution in [1.82, 2.24) is 20.5 Å². The number of amides is 1. The van der Waals surface area contributed by atoms with E-state index in [2.05, 4.69) is 20.5 Å². The van der Waals surface area contributed by atoms with Gasteiger partial charge < -0.3 is 19.8 Å². The minimum atomic E-state index is -0.344. The predicted molar refractivity (Wildman–Crippen MR) is 109 cm³/mol. The van der Waals surface area contributed by atoms with Crippen LogP contribution in [0, 0.1) is 5.92 Å². The zero-order chi connectivity index (χ0) is 20.8. The minimum absolute atomic E-state index is 0.0649. The van der Waals surface area contributed by atoms with E-state index in [4.69, 9.17) is 9.47 Å². The first-order valence-electron chi connectivity index (χ1n) is 10.1. The maximum absolute atomic E-state index is 12.4. The summed E-state index contributed by atoms with van der Waals surface area (Å²) in [5.74, 6) is 2.09. The highest BCUT2D eigenvalue weighted by Gasteiger charge is 2.21. The number of carbonyl (C=O) groups is 1. The van der Waals surface area contributed by atoms with E-state index < -0.39 is 0 Å². The fourth-order valence-electron chi connectivity index (χ4n) is 2.77. The number of rotatable bonds is 10. The second kappa shape index (κ2) is 9.54. The summed E-state index contributed by atoms with van der Waals surface area (Å²) < 4.78 is 11.2. The molecule has 1 amide bonds. The number of hydrogen-bond donors (Lipinski definition) is 2. The van der Waals surface area contributed by atoms with Crippen LogP contribution in [0.3, 0.4) is 0 Å². The van der Waals surface area contributed by atoms with Gasteiger partial charge in [-0.05, 0) is 50.3 Å². The smallest absolute Gasteiger partial charge is 0.273 e. The molecule has 1 unspecified atom stereocenters. The van der Waals surface area contributed by atoms with Crippen LogP contribution < -0.4 is 20.3 Å². The van der Waals surface area contributed by atoms with Crippen LogP contribution in [0.1, 0.15) is 45.2 Å². The van der Waals surface area contributed by atoms with E-state index in [1.165, 1.54) is 12.8 Å². The number of H-pyrrole nitrogens is 1. The minimum Gasteiger partial charge on any atom is -0.493 e. The topological polar surface area (TPSA) is 106 Å². The van der Waals surface area contributed by atoms with Gasteiger partial charge in [-0.25, -0.2) is 0 Å². The van der Waals surface area contributed by atoms with Crippen molar-refractivity contribution in [3.8, 4) is 22.9 Å². The number of hydrogen-bond acceptors (Lipinski definition) is 6. The van der Waals surface area contributed by atoms with Gasteiger partial charge in [-0.2, -0.15) is 0 Å². The van der Waals surface area contributed by atoms with E-state index in [1.54, 1.807) is 25.3 Å². The molecule has 1 aromatic carbocycles. The Morgan fingerprint density at radius 1 is 1.31 bits per heavy atom. The largest absolute Gasteiger partial charge is 0.493 e. The highest BCUT2D eigenvalue weighted by atomic mass is 16.5. The first-order valence-corrected chi connectivity index (χ1v) is 10.1. The van der Waals surface area contributed by atoms with E-state index in [1.807, 2.05) is 13.8 Å². The number of ether oxygens (including phenoxy) is 2. The number of methoxy groups -OCH3 is 1. The number of carbonyl (C=O) groups excluding carboxylic acids is 1. The summed E-state index contributed by atoms with van der Waals surface area (Å²) in [7, 11) is 1.56. The average molecular weight is 400 g/mol. The van der Waals surface area contributed by atoms with Crippen molar-refractivity contribution in [2.75, 3.05) is 13.7 Å². The van der Waals surface area contributed by atoms with Crippen molar-refractivity contribution in [1.29, 1.82) is 0 Å². The Labute approximate surface area is 170 Å². The summed E-state index contributed by atoms with van der Waals surface area (Å²) in [6.07, 6.45) is 3.79. The average Bonchev–Trinajstić information content (AvgIpc) is 3.56. The van der Waals surface area contributed by atoms with Gasteiger partial charge in [0.1, 0.15) is 5.69 Å². The number of nitrogens with zero attached hydrogens (tertiary/aromatic N) is 2. The molecular weight excluding hydrogens is 372 g/mol. The normalized spacial score (nSPS) is 14.3. The lowest BCUT2D eigenvalue weighted by Crippen LogP contribution is -2.27. The molecule has 1 heterocycles. The van der Waals surface area contributed by atoms with Gasteiger partial charge in [-0.15, -0.1) is 10.2 Å². The van der Waals surface area contributed by atoms with Crippen LogP contribution in [0.5, 0.6) is 11.5 Å². The summed E-state index contributed by atoms with van der Waals surface area (Å²) in [6, 6.07) is 5.34. The quantitative estimate of drug-likeness (QED) is 0.635. The molecule has 1 aromatic heterocycles. The molecule has 8 heteroatoms. The molecule has 2 aromatic rings. The van der Waals surface area contributed by atoms with E-state index in [0.717, 1.165) is 13.0 Å². The lowest BCUT2D eigenvalue weighted by Gasteiger charge is -2.16. The lowest BCUT2D eigenvalue weighted by atomic mass is 10.2. The Kier molecular flexibility index (Phi) is 6.85. The number of nitrogens with one attached hydrogen (secondary N) is 2. The zero-order valence-electron chi connectivity index (χ0n) is 17.2. The number of aromatic nitrogens is 3. The molecule has 0 spiro atoms. The summed E-state index contributed by atoms with van der Waals surface area (Å²) >= 11 is 0. The van der Waals surface area contributed by atoms with Crippen molar-refractivity contribution in [3.63, 3.8) is 0 Å². The Balaban J connectivity index is 1.67. The third kappa shape index (κ3) is 5.79. The van der Waals surface area contributed by atoms with Gasteiger partial charge >= 0.3 is 0 Å². The van der Waals surface area contributed by atoms with E-state index in [9.17, 15) is 9.59 Å². The lowest BCUT2D eigenvalue weighted by molar-refractivity contribution is -0.121. The molecular formula is C21H28N4O4. The Bertz CT molecular complexity index is 908. The molecule has 1 aliphatic carbocycles. The molecule has 156 valence electrons. The summed E-state index contributed by atoms with van der Waals surface area (Å²) in [5, 5.41) is 11.0. The van der Waals surface area contributed by atoms with Crippen molar-refractivity contribution in [3.05, 3.63) is 34.2 Å². The van der Waals surface area contributed by atoms with E-state index in [0.29, 0.717) is 28.8 Å². The van der Waals surface area contributed by atoms with Gasteiger partial charge in [0.05, 0.1) is 13.2 Å². The summed E-state index contributed by atoms with van der Waals surface area (Å²) in [5.41, 5.74) is 0.569. The van der Waals surface area contributed by atoms with Crippen LogP contribution in [0.4, 0.5) is 0 Å². The predicted octanol–water partition coefficient (Wildman–Crippen LogP) is 2.48. The van der Waals surface area contributed by atoms with Crippen LogP contribution >= 0.6 is 0 Å². The molecule has 0 aliphatic heterocycles. The van der Waals surface area contributed by atoms with Crippen LogP contribution in [0.15, 0.2) is 23.0 Å². The van der Waals surface area contributed by atoms with Gasteiger partial charge in [0, 0.05) is 24.9 Å². The standard InChI is InChI=1S/C21H28N4O4/c1-4-13(2)29-17-9-7-15(11-18(17)28-3)20-23-21(27)16(24-25-20)8-10-19(26)22-12-14-5-6-14/h7,9,11,13-14H,4-6,8,10,12H2,1-3H3,(H,22,26)(H,23,25,27). The third-order valence-electron chi connectivity index (χ3n) is 4.98. The Morgan fingerprint density at radius 3 is 2.76 bits per heavy atom. The Hall–Kier alpha value is -2.90. The second-order valence-corrected chi connectivity index (χ2v) is 7.40. The van der Waals surface area contributed by atoms with Crippen molar-refractivity contribution in [2.24, 2.45) is 5.92 Å². The SMILES string of the molecule is CCC(C)Oc1ccc(-c2nnc(CCC(=O)NCC3CC3)c(=O)[nH]2)cc1OC. The molecule has 1 saturated carbocycles. The van der Waals surface area contributed by atoms with Crippen LogP contribution in [0.2, 0.25) is 0 Å². The number of aryl methyl sites for hydroxylation is 1. The molecule has 0 radical (unpaired) electrons. The zero-order valence-corrected chi connectivity index (χ0v) is 17.2. The van der Waals surface area contributed by atoms with Crippen LogP contribution in [0.25, 0.3) is 11.4 Å². The number of benzene rings is 1. The second-order valence-electron chi connectivity index (χ2n) is 7.40. The highest BCUT2D eigenvalue weighted by Crippen LogP contribution is 2.32. The van der Waals surface area contributed by atoms with Gasteiger partial charge in [0.2, 0.25) is 5.91 Å². The fraction of sp³-hybridized carbons (Fsp3) is 0.524. The molecule has 1 atom stereocenters. The fourth-order valence-corrected chi connectivity index (χ4v) is 2.77. The molecule has 0 saturated heterocycles. The molecule has 3 rings (SSSR count). The first kappa shape index (κ1) is 20.8. The molecule has 1 aliphatic rings. The maximum atomic E-state index is 12.4. The molecule has 2 N–H and O–H groups in total.